The number of phenolic OH excluding ortho intramolecular Hbond substituents is 3. The second-order valence-electron chi connectivity index (χ2n) is 25.1. The molecule has 0 atom stereocenters. The molecule has 0 fully saturated rings. The molecule has 113 heavy (non-hydrogen) atoms. The molecular formula is C95H90Br2O16. The van der Waals surface area contributed by atoms with Crippen LogP contribution in [0.1, 0.15) is 134 Å². The van der Waals surface area contributed by atoms with E-state index in [0.717, 1.165) is 94.3 Å². The van der Waals surface area contributed by atoms with Crippen LogP contribution in [0.15, 0.2) is 315 Å². The number of esters is 3. The van der Waals surface area contributed by atoms with E-state index in [1.165, 1.54) is 21.3 Å². The Bertz CT molecular complexity index is 4750. The Morgan fingerprint density at radius 1 is 0.283 bits per heavy atom. The van der Waals surface area contributed by atoms with Gasteiger partial charge in [-0.1, -0.05) is 280 Å². The molecule has 0 bridgehead atoms. The summed E-state index contributed by atoms with van der Waals surface area (Å²) in [6.45, 7) is 2.36. The van der Waals surface area contributed by atoms with Gasteiger partial charge in [-0.15, -0.1) is 0 Å². The lowest BCUT2D eigenvalue weighted by Gasteiger charge is -2.09. The molecule has 4 N–H and O–H groups in total. The number of carboxylic acids is 1. The van der Waals surface area contributed by atoms with E-state index in [0.29, 0.717) is 62.7 Å². The Balaban J connectivity index is 0.000000210. The smallest absolute Gasteiger partial charge is 0.305 e. The summed E-state index contributed by atoms with van der Waals surface area (Å²) in [4.78, 5) is 91.7. The first-order chi connectivity index (χ1) is 54.7. The predicted octanol–water partition coefficient (Wildman–Crippen LogP) is 19.9. The first kappa shape index (κ1) is 89.3. The molecule has 0 saturated heterocycles. The zero-order valence-corrected chi connectivity index (χ0v) is 66.4. The van der Waals surface area contributed by atoms with E-state index in [-0.39, 0.29) is 64.7 Å². The Hall–Kier alpha value is -12.6. The molecule has 0 spiro atoms. The third-order valence-corrected chi connectivity index (χ3v) is 17.9. The number of hydrogen-bond donors (Lipinski definition) is 4. The minimum Gasteiger partial charge on any atom is -0.508 e. The quantitative estimate of drug-likeness (QED) is 0.0180. The van der Waals surface area contributed by atoms with Gasteiger partial charge in [-0.25, -0.2) is 0 Å². The molecule has 16 nitrogen and oxygen atoms in total. The highest BCUT2D eigenvalue weighted by atomic mass is 79.9. The molecule has 0 saturated carbocycles. The molecule has 0 aliphatic rings. The maximum absolute atomic E-state index is 12.6. The van der Waals surface area contributed by atoms with Crippen molar-refractivity contribution in [3.8, 4) is 23.0 Å². The summed E-state index contributed by atoms with van der Waals surface area (Å²) >= 11 is 6.77. The second kappa shape index (κ2) is 50.2. The molecule has 12 aromatic rings. The number of phenols is 3. The average molecular weight is 1650 g/mol. The fourth-order valence-electron chi connectivity index (χ4n) is 10.4. The van der Waals surface area contributed by atoms with Crippen molar-refractivity contribution in [2.75, 3.05) is 21.3 Å². The number of carbonyl (C=O) groups excluding carboxylic acids is 7. The molecule has 0 heterocycles. The molecule has 0 aliphatic carbocycles. The topological polar surface area (TPSA) is 254 Å². The van der Waals surface area contributed by atoms with Crippen LogP contribution in [0.2, 0.25) is 0 Å². The number of rotatable bonds is 25. The fourth-order valence-corrected chi connectivity index (χ4v) is 11.1. The van der Waals surface area contributed by atoms with Crippen molar-refractivity contribution in [3.05, 3.63) is 404 Å². The van der Waals surface area contributed by atoms with Gasteiger partial charge in [-0.2, -0.15) is 0 Å². The van der Waals surface area contributed by atoms with Gasteiger partial charge >= 0.3 is 23.9 Å². The highest BCUT2D eigenvalue weighted by Crippen LogP contribution is 2.21. The normalized spacial score (nSPS) is 9.96. The Kier molecular flexibility index (Phi) is 39.7. The van der Waals surface area contributed by atoms with Crippen LogP contribution in [-0.4, -0.2) is 88.8 Å². The van der Waals surface area contributed by atoms with E-state index < -0.39 is 5.97 Å². The number of hydrogen-bond acceptors (Lipinski definition) is 15. The number of aryl methyl sites for hydroxylation is 5. The molecule has 580 valence electrons. The van der Waals surface area contributed by atoms with Crippen LogP contribution in [0.4, 0.5) is 0 Å². The van der Waals surface area contributed by atoms with Crippen molar-refractivity contribution < 1.29 is 77.7 Å². The van der Waals surface area contributed by atoms with Gasteiger partial charge in [-0.05, 0) is 144 Å². The maximum Gasteiger partial charge on any atom is 0.305 e. The third-order valence-electron chi connectivity index (χ3n) is 16.6. The molecular weight excluding hydrogens is 1560 g/mol. The summed E-state index contributed by atoms with van der Waals surface area (Å²) in [5.41, 5.74) is 14.0. The average Bonchev–Trinajstić information content (AvgIpc) is 0.858. The number of aliphatic carboxylic acids is 1. The number of benzene rings is 12. The summed E-state index contributed by atoms with van der Waals surface area (Å²) < 4.78 is 19.5. The van der Waals surface area contributed by atoms with Crippen LogP contribution in [0, 0.1) is 6.92 Å². The standard InChI is InChI=1S/C24H22O4.2C14H11BrO.C14H12O.2C10H12O3.C9H10O3/c1-27-23(25)15-12-18-10-13-22(14-11-18)28-17-19-6-5-9-21(16-19)24(26)20-7-3-2-4-8-20;2*15-10-11-5-4-8-13(9-11)14(16)12-6-2-1-3-7-12;1-11-6-5-9-13(10-11)14(15)12-7-3-2-4-8-12;2*1-13-10(12)7-4-8-2-5-9(11)6-3-8;10-8-4-1-7(2-5-8)3-6-9(11)12/h2-11,13-14,16H,12,15,17H2,1H3;2*1-9H,10H2;2-10H,1H3;2*2-3,5-6,11H,4,7H2,1H3;1-2,4-5,10H,3,6H2,(H,11,12). The van der Waals surface area contributed by atoms with E-state index in [2.05, 4.69) is 46.1 Å². The molecule has 0 aromatic heterocycles. The summed E-state index contributed by atoms with van der Waals surface area (Å²) in [5.74, 6) is 0.192. The van der Waals surface area contributed by atoms with Crippen molar-refractivity contribution >= 4 is 78.9 Å². The maximum atomic E-state index is 12.6. The summed E-state index contributed by atoms with van der Waals surface area (Å²) in [7, 11) is 4.14. The van der Waals surface area contributed by atoms with Crippen molar-refractivity contribution in [3.63, 3.8) is 0 Å². The number of carbonyl (C=O) groups is 8. The molecule has 0 aliphatic heterocycles. The SMILES string of the molecule is COC(=O)CCc1ccc(O)cc1.COC(=O)CCc1ccc(O)cc1.COC(=O)CCc1ccc(OCc2cccc(C(=O)c3ccccc3)c2)cc1.Cc1cccc(C(=O)c2ccccc2)c1.O=C(O)CCc1ccc(O)cc1.O=C(c1ccccc1)c1cccc(CBr)c1.O=C(c1ccccc1)c1cccc(CBr)c1. The Labute approximate surface area is 676 Å². The molecule has 0 radical (unpaired) electrons. The number of ketones is 4. The Morgan fingerprint density at radius 3 is 0.823 bits per heavy atom. The van der Waals surface area contributed by atoms with Crippen LogP contribution in [0.3, 0.4) is 0 Å². The second-order valence-corrected chi connectivity index (χ2v) is 26.2. The number of halogens is 2. The fraction of sp³-hybridized carbons (Fsp3) is 0.158. The van der Waals surface area contributed by atoms with Crippen LogP contribution in [-0.2, 0) is 76.3 Å². The van der Waals surface area contributed by atoms with Crippen molar-refractivity contribution in [1.82, 2.24) is 0 Å². The lowest BCUT2D eigenvalue weighted by molar-refractivity contribution is -0.141. The van der Waals surface area contributed by atoms with Gasteiger partial charge in [0.1, 0.15) is 29.6 Å². The van der Waals surface area contributed by atoms with Crippen molar-refractivity contribution in [2.24, 2.45) is 0 Å². The predicted molar refractivity (Wildman–Crippen MR) is 447 cm³/mol. The highest BCUT2D eigenvalue weighted by molar-refractivity contribution is 9.08. The minimum absolute atomic E-state index is 0.00240. The van der Waals surface area contributed by atoms with E-state index in [4.69, 9.17) is 25.2 Å². The largest absolute Gasteiger partial charge is 0.508 e. The summed E-state index contributed by atoms with van der Waals surface area (Å²) in [5, 5.41) is 36.8. The van der Waals surface area contributed by atoms with E-state index in [1.54, 1.807) is 72.8 Å². The molecule has 18 heteroatoms. The van der Waals surface area contributed by atoms with Crippen LogP contribution in [0.25, 0.3) is 0 Å². The van der Waals surface area contributed by atoms with Gasteiger partial charge in [0.05, 0.1) is 21.3 Å². The zero-order chi connectivity index (χ0) is 81.5. The van der Waals surface area contributed by atoms with Gasteiger partial charge in [-0.3, -0.25) is 38.4 Å². The molecule has 0 unspecified atom stereocenters. The van der Waals surface area contributed by atoms with E-state index >= 15 is 0 Å². The van der Waals surface area contributed by atoms with Gasteiger partial charge in [0.25, 0.3) is 0 Å². The van der Waals surface area contributed by atoms with Crippen LogP contribution >= 0.6 is 31.9 Å². The first-order valence-electron chi connectivity index (χ1n) is 36.0. The van der Waals surface area contributed by atoms with Crippen LogP contribution < -0.4 is 4.74 Å². The molecule has 12 aromatic carbocycles. The number of carboxylic acid groups (broad SMARTS) is 1. The third kappa shape index (κ3) is 34.0. The number of methoxy groups -OCH3 is 3. The highest BCUT2D eigenvalue weighted by Gasteiger charge is 2.14. The summed E-state index contributed by atoms with van der Waals surface area (Å²) in [6, 6.07) is 95.5. The van der Waals surface area contributed by atoms with Gasteiger partial charge < -0.3 is 39.4 Å². The zero-order valence-electron chi connectivity index (χ0n) is 63.2. The van der Waals surface area contributed by atoms with E-state index in [1.807, 2.05) is 250 Å². The van der Waals surface area contributed by atoms with Crippen molar-refractivity contribution in [2.45, 2.75) is 75.6 Å². The van der Waals surface area contributed by atoms with Gasteiger partial charge in [0.2, 0.25) is 0 Å². The molecule has 12 rings (SSSR count). The molecule has 0 amide bonds. The number of alkyl halides is 2. The van der Waals surface area contributed by atoms with Gasteiger partial charge in [0, 0.05) is 80.9 Å². The van der Waals surface area contributed by atoms with E-state index in [9.17, 15) is 38.4 Å². The number of ether oxygens (including phenoxy) is 4. The monoisotopic (exact) mass is 1640 g/mol. The van der Waals surface area contributed by atoms with Crippen molar-refractivity contribution in [1.29, 1.82) is 0 Å². The lowest BCUT2D eigenvalue weighted by Crippen LogP contribution is -2.03. The van der Waals surface area contributed by atoms with Gasteiger partial charge in [0.15, 0.2) is 23.1 Å². The lowest BCUT2D eigenvalue weighted by atomic mass is 10.0. The first-order valence-corrected chi connectivity index (χ1v) is 38.2. The minimum atomic E-state index is -0.803. The number of aromatic hydroxyl groups is 3. The summed E-state index contributed by atoms with van der Waals surface area (Å²) in [6.07, 6.45) is 3.68. The Morgan fingerprint density at radius 2 is 0.540 bits per heavy atom. The van der Waals surface area contributed by atoms with Crippen LogP contribution in [0.5, 0.6) is 23.0 Å².